The van der Waals surface area contributed by atoms with Gasteiger partial charge in [0.15, 0.2) is 5.82 Å². The van der Waals surface area contributed by atoms with Crippen LogP contribution < -0.4 is 0 Å². The Hall–Kier alpha value is -2.57. The molecule has 0 radical (unpaired) electrons. The van der Waals surface area contributed by atoms with E-state index in [1.807, 2.05) is 22.8 Å². The molecule has 25 heavy (non-hydrogen) atoms. The zero-order valence-corrected chi connectivity index (χ0v) is 13.8. The summed E-state index contributed by atoms with van der Waals surface area (Å²) in [6, 6.07) is 14.9. The van der Waals surface area contributed by atoms with Crippen molar-refractivity contribution < 1.29 is 9.50 Å². The van der Waals surface area contributed by atoms with E-state index in [1.54, 1.807) is 12.1 Å². The molecule has 0 aliphatic carbocycles. The molecule has 0 bridgehead atoms. The highest BCUT2D eigenvalue weighted by atomic mass is 19.1. The Morgan fingerprint density at radius 1 is 1.00 bits per heavy atom. The monoisotopic (exact) mass is 338 g/mol. The smallest absolute Gasteiger partial charge is 0.158 e. The van der Waals surface area contributed by atoms with E-state index < -0.39 is 0 Å². The highest BCUT2D eigenvalue weighted by molar-refractivity contribution is 5.63. The first-order valence-corrected chi connectivity index (χ1v) is 8.32. The van der Waals surface area contributed by atoms with Crippen LogP contribution in [0.4, 0.5) is 4.39 Å². The zero-order valence-electron chi connectivity index (χ0n) is 13.8. The van der Waals surface area contributed by atoms with Gasteiger partial charge < -0.3 is 9.67 Å². The van der Waals surface area contributed by atoms with Crippen LogP contribution in [0.2, 0.25) is 0 Å². The largest absolute Gasteiger partial charge is 0.388 e. The number of rotatable bonds is 4. The Kier molecular flexibility index (Phi) is 4.29. The minimum Gasteiger partial charge on any atom is -0.388 e. The van der Waals surface area contributed by atoms with Crippen LogP contribution >= 0.6 is 0 Å². The fraction of sp³-hybridized carbons (Fsp3) is 0.263. The molecular weight excluding hydrogens is 319 g/mol. The number of benzene rings is 2. The fourth-order valence-electron chi connectivity index (χ4n) is 3.25. The van der Waals surface area contributed by atoms with Crippen LogP contribution in [0.25, 0.3) is 11.1 Å². The van der Waals surface area contributed by atoms with Gasteiger partial charge in [-0.15, -0.1) is 10.2 Å². The van der Waals surface area contributed by atoms with Gasteiger partial charge >= 0.3 is 0 Å². The van der Waals surface area contributed by atoms with Crippen molar-refractivity contribution in [3.05, 3.63) is 71.6 Å². The zero-order chi connectivity index (χ0) is 17.2. The predicted molar refractivity (Wildman–Crippen MR) is 91.9 cm³/mol. The van der Waals surface area contributed by atoms with Crippen molar-refractivity contribution in [1.82, 2.24) is 19.7 Å². The summed E-state index contributed by atoms with van der Waals surface area (Å²) in [5, 5.41) is 17.4. The van der Waals surface area contributed by atoms with Gasteiger partial charge in [0, 0.05) is 19.6 Å². The number of fused-ring (bicyclic) bond motifs is 1. The Morgan fingerprint density at radius 2 is 1.84 bits per heavy atom. The standard InChI is InChI=1S/C19H19FN4O/c20-17-3-1-2-16(10-17)15-6-4-14(5-7-15)11-23-8-9-24-18(12-23)21-22-19(24)13-25/h1-7,10,25H,8-9,11-13H2. The molecule has 0 unspecified atom stereocenters. The summed E-state index contributed by atoms with van der Waals surface area (Å²) in [6.45, 7) is 3.15. The third-order valence-corrected chi connectivity index (χ3v) is 4.57. The van der Waals surface area contributed by atoms with Crippen molar-refractivity contribution in [2.45, 2.75) is 26.2 Å². The first kappa shape index (κ1) is 15.9. The third kappa shape index (κ3) is 3.31. The molecule has 0 atom stereocenters. The maximum atomic E-state index is 13.4. The molecule has 0 spiro atoms. The molecule has 1 aliphatic rings. The van der Waals surface area contributed by atoms with E-state index in [0.29, 0.717) is 5.82 Å². The fourth-order valence-corrected chi connectivity index (χ4v) is 3.25. The van der Waals surface area contributed by atoms with Crippen LogP contribution in [0.5, 0.6) is 0 Å². The second kappa shape index (κ2) is 6.74. The SMILES string of the molecule is OCc1nnc2n1CCN(Cc1ccc(-c3cccc(F)c3)cc1)C2. The first-order valence-electron chi connectivity index (χ1n) is 8.32. The van der Waals surface area contributed by atoms with Crippen molar-refractivity contribution >= 4 is 0 Å². The lowest BCUT2D eigenvalue weighted by Gasteiger charge is -2.27. The van der Waals surface area contributed by atoms with Crippen LogP contribution in [0.3, 0.4) is 0 Å². The molecule has 1 aromatic heterocycles. The number of aliphatic hydroxyl groups is 1. The molecule has 4 rings (SSSR count). The average molecular weight is 338 g/mol. The highest BCUT2D eigenvalue weighted by Gasteiger charge is 2.20. The molecule has 0 saturated carbocycles. The summed E-state index contributed by atoms with van der Waals surface area (Å²) in [7, 11) is 0. The van der Waals surface area contributed by atoms with Gasteiger partial charge in [0.2, 0.25) is 0 Å². The number of aliphatic hydroxyl groups excluding tert-OH is 1. The van der Waals surface area contributed by atoms with Gasteiger partial charge in [0.25, 0.3) is 0 Å². The third-order valence-electron chi connectivity index (χ3n) is 4.57. The lowest BCUT2D eigenvalue weighted by atomic mass is 10.0. The maximum absolute atomic E-state index is 13.4. The van der Waals surface area contributed by atoms with E-state index in [-0.39, 0.29) is 12.4 Å². The Labute approximate surface area is 145 Å². The van der Waals surface area contributed by atoms with E-state index >= 15 is 0 Å². The number of nitrogens with zero attached hydrogens (tertiary/aromatic N) is 4. The summed E-state index contributed by atoms with van der Waals surface area (Å²) in [6.07, 6.45) is 0. The Morgan fingerprint density at radius 3 is 2.60 bits per heavy atom. The summed E-state index contributed by atoms with van der Waals surface area (Å²) in [5.41, 5.74) is 3.10. The molecule has 3 aromatic rings. The molecule has 2 aromatic carbocycles. The molecule has 0 amide bonds. The molecule has 0 fully saturated rings. The van der Waals surface area contributed by atoms with E-state index in [2.05, 4.69) is 27.2 Å². The lowest BCUT2D eigenvalue weighted by molar-refractivity contribution is 0.199. The average Bonchev–Trinajstić information content (AvgIpc) is 3.05. The molecule has 0 saturated heterocycles. The second-order valence-corrected chi connectivity index (χ2v) is 6.26. The van der Waals surface area contributed by atoms with Crippen LogP contribution in [0.15, 0.2) is 48.5 Å². The molecule has 2 heterocycles. The molecule has 6 heteroatoms. The second-order valence-electron chi connectivity index (χ2n) is 6.26. The lowest BCUT2D eigenvalue weighted by Crippen LogP contribution is -2.34. The maximum Gasteiger partial charge on any atom is 0.158 e. The van der Waals surface area contributed by atoms with Crippen molar-refractivity contribution in [2.24, 2.45) is 0 Å². The van der Waals surface area contributed by atoms with Gasteiger partial charge in [-0.05, 0) is 28.8 Å². The van der Waals surface area contributed by atoms with Gasteiger partial charge in [-0.25, -0.2) is 4.39 Å². The normalized spacial score (nSPS) is 14.5. The number of hydrogen-bond donors (Lipinski definition) is 1. The number of hydrogen-bond acceptors (Lipinski definition) is 4. The summed E-state index contributed by atoms with van der Waals surface area (Å²) < 4.78 is 15.3. The minimum atomic E-state index is -0.221. The van der Waals surface area contributed by atoms with E-state index in [0.717, 1.165) is 43.1 Å². The highest BCUT2D eigenvalue weighted by Crippen LogP contribution is 2.22. The van der Waals surface area contributed by atoms with E-state index in [1.165, 1.54) is 11.6 Å². The Balaban J connectivity index is 1.45. The molecular formula is C19H19FN4O. The molecule has 1 aliphatic heterocycles. The van der Waals surface area contributed by atoms with Crippen LogP contribution in [-0.2, 0) is 26.2 Å². The molecule has 5 nitrogen and oxygen atoms in total. The van der Waals surface area contributed by atoms with Crippen molar-refractivity contribution in [3.63, 3.8) is 0 Å². The molecule has 1 N–H and O–H groups in total. The number of aromatic nitrogens is 3. The Bertz CT molecular complexity index is 875. The quantitative estimate of drug-likeness (QED) is 0.794. The summed E-state index contributed by atoms with van der Waals surface area (Å²) in [5.74, 6) is 1.31. The summed E-state index contributed by atoms with van der Waals surface area (Å²) in [4.78, 5) is 2.31. The van der Waals surface area contributed by atoms with Crippen molar-refractivity contribution in [3.8, 4) is 11.1 Å². The van der Waals surface area contributed by atoms with Crippen molar-refractivity contribution in [1.29, 1.82) is 0 Å². The number of halogens is 1. The van der Waals surface area contributed by atoms with Crippen LogP contribution in [0, 0.1) is 5.82 Å². The van der Waals surface area contributed by atoms with Gasteiger partial charge in [0.05, 0.1) is 6.54 Å². The van der Waals surface area contributed by atoms with E-state index in [9.17, 15) is 9.50 Å². The topological polar surface area (TPSA) is 54.2 Å². The van der Waals surface area contributed by atoms with Gasteiger partial charge in [-0.3, -0.25) is 4.90 Å². The van der Waals surface area contributed by atoms with Crippen molar-refractivity contribution in [2.75, 3.05) is 6.54 Å². The van der Waals surface area contributed by atoms with E-state index in [4.69, 9.17) is 0 Å². The molecule has 128 valence electrons. The minimum absolute atomic E-state index is 0.0749. The predicted octanol–water partition coefficient (Wildman–Crippen LogP) is 2.59. The summed E-state index contributed by atoms with van der Waals surface area (Å²) >= 11 is 0. The van der Waals surface area contributed by atoms with Gasteiger partial charge in [0.1, 0.15) is 18.2 Å². The van der Waals surface area contributed by atoms with Crippen LogP contribution in [0.1, 0.15) is 17.2 Å². The van der Waals surface area contributed by atoms with Gasteiger partial charge in [-0.2, -0.15) is 0 Å². The first-order chi connectivity index (χ1) is 12.2. The van der Waals surface area contributed by atoms with Crippen LogP contribution in [-0.4, -0.2) is 31.3 Å². The van der Waals surface area contributed by atoms with Gasteiger partial charge in [-0.1, -0.05) is 36.4 Å².